The number of ether oxygens (including phenoxy) is 2. The highest BCUT2D eigenvalue weighted by Gasteiger charge is 2.35. The number of hydrogen-bond acceptors (Lipinski definition) is 9. The van der Waals surface area contributed by atoms with Gasteiger partial charge in [-0.25, -0.2) is 22.0 Å². The van der Waals surface area contributed by atoms with Gasteiger partial charge in [-0.2, -0.15) is 8.99 Å². The third kappa shape index (κ3) is 7.38. The standard InChI is InChI=1S/C31H38F2N6O6S/c1-4-45-31(41)39-28-9-12-38(46(42,43)24-15-22(32)14-23(33)16-24)18-26(28)29(36-39)35-30(40)25-8-7-21(17-37-10-5-6-11-37)13-27(25)34-20(2)19-44-3/h7-8,13-16,20,34H,4-6,9-12,17-19H2,1-3H3,(H,35,36,40)/t20-/m0/s1. The van der Waals surface area contributed by atoms with E-state index in [1.165, 1.54) is 0 Å². The molecule has 2 aliphatic rings. The van der Waals surface area contributed by atoms with Crippen molar-refractivity contribution in [1.82, 2.24) is 19.0 Å². The van der Waals surface area contributed by atoms with Crippen LogP contribution in [0.15, 0.2) is 41.3 Å². The fraction of sp³-hybridized carbons (Fsp3) is 0.452. The third-order valence-corrected chi connectivity index (χ3v) is 9.74. The average molecular weight is 661 g/mol. The maximum absolute atomic E-state index is 13.9. The second-order valence-electron chi connectivity index (χ2n) is 11.4. The van der Waals surface area contributed by atoms with Crippen molar-refractivity contribution in [2.75, 3.05) is 50.6 Å². The van der Waals surface area contributed by atoms with E-state index in [9.17, 15) is 26.8 Å². The zero-order valence-corrected chi connectivity index (χ0v) is 26.8. The van der Waals surface area contributed by atoms with E-state index in [4.69, 9.17) is 9.47 Å². The molecular weight excluding hydrogens is 622 g/mol. The van der Waals surface area contributed by atoms with Gasteiger partial charge in [0.1, 0.15) is 11.6 Å². The predicted molar refractivity (Wildman–Crippen MR) is 166 cm³/mol. The first-order chi connectivity index (χ1) is 22.0. The van der Waals surface area contributed by atoms with Gasteiger partial charge in [0.25, 0.3) is 5.91 Å². The Morgan fingerprint density at radius 3 is 2.46 bits per heavy atom. The van der Waals surface area contributed by atoms with Crippen LogP contribution in [-0.4, -0.2) is 85.4 Å². The molecule has 0 spiro atoms. The molecule has 0 bridgehead atoms. The smallest absolute Gasteiger partial charge is 0.434 e. The van der Waals surface area contributed by atoms with E-state index in [0.29, 0.717) is 29.6 Å². The van der Waals surface area contributed by atoms with E-state index in [-0.39, 0.29) is 43.5 Å². The minimum Gasteiger partial charge on any atom is -0.448 e. The number of carbonyl (C=O) groups is 2. The highest BCUT2D eigenvalue weighted by atomic mass is 32.2. The highest BCUT2D eigenvalue weighted by Crippen LogP contribution is 2.31. The van der Waals surface area contributed by atoms with Crippen LogP contribution in [0.25, 0.3) is 0 Å². The molecule has 46 heavy (non-hydrogen) atoms. The van der Waals surface area contributed by atoms with Crippen LogP contribution in [0.5, 0.6) is 0 Å². The number of benzene rings is 2. The molecule has 2 aliphatic heterocycles. The van der Waals surface area contributed by atoms with Gasteiger partial charge in [0, 0.05) is 56.5 Å². The maximum atomic E-state index is 13.9. The second kappa shape index (κ2) is 14.2. The van der Waals surface area contributed by atoms with Gasteiger partial charge in [-0.3, -0.25) is 9.69 Å². The lowest BCUT2D eigenvalue weighted by Crippen LogP contribution is -2.37. The van der Waals surface area contributed by atoms with Crippen LogP contribution in [0.3, 0.4) is 0 Å². The summed E-state index contributed by atoms with van der Waals surface area (Å²) < 4.78 is 67.2. The van der Waals surface area contributed by atoms with Crippen LogP contribution in [0, 0.1) is 11.6 Å². The summed E-state index contributed by atoms with van der Waals surface area (Å²) in [7, 11) is -2.76. The normalized spacial score (nSPS) is 16.2. The fourth-order valence-electron chi connectivity index (χ4n) is 5.80. The van der Waals surface area contributed by atoms with Crippen molar-refractivity contribution in [3.8, 4) is 0 Å². The Hall–Kier alpha value is -3.92. The van der Waals surface area contributed by atoms with Gasteiger partial charge in [0.15, 0.2) is 5.82 Å². The molecule has 5 rings (SSSR count). The van der Waals surface area contributed by atoms with Crippen molar-refractivity contribution in [3.05, 3.63) is 70.4 Å². The number of hydrogen-bond donors (Lipinski definition) is 2. The molecule has 1 aromatic heterocycles. The van der Waals surface area contributed by atoms with E-state index in [0.717, 1.165) is 59.2 Å². The fourth-order valence-corrected chi connectivity index (χ4v) is 7.25. The van der Waals surface area contributed by atoms with E-state index in [1.807, 2.05) is 19.1 Å². The van der Waals surface area contributed by atoms with Gasteiger partial charge in [0.2, 0.25) is 10.0 Å². The summed E-state index contributed by atoms with van der Waals surface area (Å²) in [5.41, 5.74) is 2.54. The molecule has 12 nitrogen and oxygen atoms in total. The molecule has 15 heteroatoms. The van der Waals surface area contributed by atoms with Crippen molar-refractivity contribution < 1.29 is 36.3 Å². The molecule has 0 unspecified atom stereocenters. The zero-order chi connectivity index (χ0) is 33.0. The monoisotopic (exact) mass is 660 g/mol. The molecule has 1 saturated heterocycles. The van der Waals surface area contributed by atoms with Crippen LogP contribution in [-0.2, 0) is 39.0 Å². The van der Waals surface area contributed by atoms with Crippen LogP contribution in [0.4, 0.5) is 25.1 Å². The molecule has 0 saturated carbocycles. The molecule has 2 N–H and O–H groups in total. The summed E-state index contributed by atoms with van der Waals surface area (Å²) in [6.45, 7) is 6.39. The van der Waals surface area contributed by atoms with Gasteiger partial charge < -0.3 is 20.1 Å². The number of fused-ring (bicyclic) bond motifs is 1. The van der Waals surface area contributed by atoms with Gasteiger partial charge in [-0.05, 0) is 69.6 Å². The molecule has 248 valence electrons. The minimum absolute atomic E-state index is 0.0284. The Labute approximate surface area is 266 Å². The number of halogens is 2. The lowest BCUT2D eigenvalue weighted by atomic mass is 10.1. The quantitative estimate of drug-likeness (QED) is 0.310. The first-order valence-electron chi connectivity index (χ1n) is 15.2. The van der Waals surface area contributed by atoms with E-state index < -0.39 is 38.6 Å². The molecular formula is C31H38F2N6O6S. The lowest BCUT2D eigenvalue weighted by molar-refractivity contribution is 0.102. The molecule has 3 aromatic rings. The Bertz CT molecular complexity index is 1690. The Kier molecular flexibility index (Phi) is 10.4. The number of sulfonamides is 1. The molecule has 3 heterocycles. The number of nitrogens with one attached hydrogen (secondary N) is 2. The van der Waals surface area contributed by atoms with Gasteiger partial charge in [0.05, 0.1) is 29.4 Å². The van der Waals surface area contributed by atoms with Crippen molar-refractivity contribution in [2.24, 2.45) is 0 Å². The number of rotatable bonds is 11. The second-order valence-corrected chi connectivity index (χ2v) is 13.3. The van der Waals surface area contributed by atoms with Crippen LogP contribution < -0.4 is 10.6 Å². The molecule has 0 radical (unpaired) electrons. The third-order valence-electron chi connectivity index (χ3n) is 7.92. The predicted octanol–water partition coefficient (Wildman–Crippen LogP) is 4.21. The Morgan fingerprint density at radius 1 is 1.07 bits per heavy atom. The molecule has 1 amide bonds. The van der Waals surface area contributed by atoms with Crippen LogP contribution in [0.1, 0.15) is 53.9 Å². The van der Waals surface area contributed by atoms with E-state index in [2.05, 4.69) is 20.6 Å². The number of methoxy groups -OCH3 is 1. The first kappa shape index (κ1) is 33.4. The Balaban J connectivity index is 1.47. The average Bonchev–Trinajstić information content (AvgIpc) is 3.64. The maximum Gasteiger partial charge on any atom is 0.434 e. The minimum atomic E-state index is -4.35. The summed E-state index contributed by atoms with van der Waals surface area (Å²) in [5.74, 6) is -2.64. The molecule has 1 fully saturated rings. The van der Waals surface area contributed by atoms with Gasteiger partial charge in [-0.15, -0.1) is 5.10 Å². The number of likely N-dealkylation sites (tertiary alicyclic amines) is 1. The number of carbonyl (C=O) groups excluding carboxylic acids is 2. The molecule has 0 aliphatic carbocycles. The van der Waals surface area contributed by atoms with Crippen LogP contribution in [0.2, 0.25) is 0 Å². The summed E-state index contributed by atoms with van der Waals surface area (Å²) in [4.78, 5) is 28.4. The van der Waals surface area contributed by atoms with Crippen LogP contribution >= 0.6 is 0 Å². The first-order valence-corrected chi connectivity index (χ1v) is 16.6. The van der Waals surface area contributed by atoms with E-state index in [1.54, 1.807) is 20.1 Å². The number of nitrogens with zero attached hydrogens (tertiary/aromatic N) is 4. The zero-order valence-electron chi connectivity index (χ0n) is 26.0. The molecule has 1 atom stereocenters. The lowest BCUT2D eigenvalue weighted by Gasteiger charge is -2.27. The highest BCUT2D eigenvalue weighted by molar-refractivity contribution is 7.89. The van der Waals surface area contributed by atoms with Crippen molar-refractivity contribution in [3.63, 3.8) is 0 Å². The number of anilines is 2. The summed E-state index contributed by atoms with van der Waals surface area (Å²) in [6, 6.07) is 7.48. The topological polar surface area (TPSA) is 135 Å². The summed E-state index contributed by atoms with van der Waals surface area (Å²) in [6.07, 6.45) is 1.54. The van der Waals surface area contributed by atoms with Crippen molar-refractivity contribution in [1.29, 1.82) is 0 Å². The Morgan fingerprint density at radius 2 is 1.78 bits per heavy atom. The van der Waals surface area contributed by atoms with Crippen molar-refractivity contribution in [2.45, 2.75) is 57.1 Å². The van der Waals surface area contributed by atoms with Gasteiger partial charge >= 0.3 is 6.09 Å². The van der Waals surface area contributed by atoms with Gasteiger partial charge in [-0.1, -0.05) is 6.07 Å². The largest absolute Gasteiger partial charge is 0.448 e. The SMILES string of the molecule is CCOC(=O)n1nc(NC(=O)c2ccc(CN3CCCC3)cc2N[C@@H](C)COC)c2c1CCN(S(=O)(=O)c1cc(F)cc(F)c1)C2. The number of aromatic nitrogens is 2. The van der Waals surface area contributed by atoms with Crippen molar-refractivity contribution >= 4 is 33.5 Å². The summed E-state index contributed by atoms with van der Waals surface area (Å²) in [5, 5.41) is 10.4. The molecule has 2 aromatic carbocycles. The summed E-state index contributed by atoms with van der Waals surface area (Å²) >= 11 is 0. The van der Waals surface area contributed by atoms with E-state index >= 15 is 0 Å². The number of amides is 1.